The summed E-state index contributed by atoms with van der Waals surface area (Å²) in [5.41, 5.74) is 3.84. The van der Waals surface area contributed by atoms with Crippen molar-refractivity contribution in [1.82, 2.24) is 14.8 Å². The molecule has 3 rings (SSSR count). The highest BCUT2D eigenvalue weighted by molar-refractivity contribution is 5.85. The summed E-state index contributed by atoms with van der Waals surface area (Å²) in [6.45, 7) is 13.3. The van der Waals surface area contributed by atoms with Gasteiger partial charge >= 0.3 is 0 Å². The van der Waals surface area contributed by atoms with Crippen molar-refractivity contribution in [2.45, 2.75) is 40.3 Å². The standard InChI is InChI=1S/C21H31N3O2/c1-15(2)21(25)22-18(13-23-9-11-26-12-10-23)14-24-17(4)16(3)19-7-5-6-8-20(19)24/h5-8,15,18H,9-14H2,1-4H3,(H,22,25). The third kappa shape index (κ3) is 4.10. The number of aromatic nitrogens is 1. The van der Waals surface area contributed by atoms with Crippen LogP contribution in [0.2, 0.25) is 0 Å². The van der Waals surface area contributed by atoms with Gasteiger partial charge in [0, 0.05) is 48.7 Å². The molecule has 1 aromatic heterocycles. The summed E-state index contributed by atoms with van der Waals surface area (Å²) in [4.78, 5) is 14.8. The van der Waals surface area contributed by atoms with Crippen molar-refractivity contribution in [3.63, 3.8) is 0 Å². The van der Waals surface area contributed by atoms with Gasteiger partial charge in [0.05, 0.1) is 19.3 Å². The van der Waals surface area contributed by atoms with Crippen molar-refractivity contribution in [2.75, 3.05) is 32.8 Å². The topological polar surface area (TPSA) is 46.5 Å². The minimum absolute atomic E-state index is 0.00794. The van der Waals surface area contributed by atoms with Crippen molar-refractivity contribution in [1.29, 1.82) is 0 Å². The summed E-state index contributed by atoms with van der Waals surface area (Å²) in [7, 11) is 0. The predicted octanol–water partition coefficient (Wildman–Crippen LogP) is 2.73. The zero-order valence-corrected chi connectivity index (χ0v) is 16.4. The lowest BCUT2D eigenvalue weighted by Crippen LogP contribution is -2.49. The van der Waals surface area contributed by atoms with Crippen LogP contribution in [-0.4, -0.2) is 54.3 Å². The number of hydrogen-bond acceptors (Lipinski definition) is 3. The van der Waals surface area contributed by atoms with Crippen LogP contribution in [0.5, 0.6) is 0 Å². The van der Waals surface area contributed by atoms with Crippen LogP contribution < -0.4 is 5.32 Å². The van der Waals surface area contributed by atoms with E-state index < -0.39 is 0 Å². The number of aryl methyl sites for hydroxylation is 1. The lowest BCUT2D eigenvalue weighted by molar-refractivity contribution is -0.125. The van der Waals surface area contributed by atoms with Crippen molar-refractivity contribution < 1.29 is 9.53 Å². The van der Waals surface area contributed by atoms with Crippen molar-refractivity contribution >= 4 is 16.8 Å². The van der Waals surface area contributed by atoms with Gasteiger partial charge in [0.25, 0.3) is 0 Å². The monoisotopic (exact) mass is 357 g/mol. The van der Waals surface area contributed by atoms with Crippen LogP contribution >= 0.6 is 0 Å². The number of amides is 1. The maximum atomic E-state index is 12.4. The molecule has 0 bridgehead atoms. The Labute approximate surface area is 156 Å². The van der Waals surface area contributed by atoms with E-state index >= 15 is 0 Å². The minimum Gasteiger partial charge on any atom is -0.379 e. The van der Waals surface area contributed by atoms with Crippen LogP contribution in [0.3, 0.4) is 0 Å². The summed E-state index contributed by atoms with van der Waals surface area (Å²) >= 11 is 0. The van der Waals surface area contributed by atoms with Crippen LogP contribution in [0.4, 0.5) is 0 Å². The molecule has 5 nitrogen and oxygen atoms in total. The van der Waals surface area contributed by atoms with E-state index in [1.165, 1.54) is 22.2 Å². The van der Waals surface area contributed by atoms with Crippen LogP contribution in [-0.2, 0) is 16.1 Å². The van der Waals surface area contributed by atoms with E-state index in [0.29, 0.717) is 0 Å². The number of nitrogens with one attached hydrogen (secondary N) is 1. The van der Waals surface area contributed by atoms with Crippen molar-refractivity contribution in [3.05, 3.63) is 35.5 Å². The first-order valence-electron chi connectivity index (χ1n) is 9.62. The fraction of sp³-hybridized carbons (Fsp3) is 0.571. The van der Waals surface area contributed by atoms with Crippen LogP contribution in [0, 0.1) is 19.8 Å². The lowest BCUT2D eigenvalue weighted by Gasteiger charge is -2.31. The molecule has 2 heterocycles. The summed E-state index contributed by atoms with van der Waals surface area (Å²) < 4.78 is 7.82. The fourth-order valence-corrected chi connectivity index (χ4v) is 3.67. The Morgan fingerprint density at radius 1 is 1.15 bits per heavy atom. The molecule has 0 aliphatic carbocycles. The SMILES string of the molecule is Cc1c(C)n(CC(CN2CCOCC2)NC(=O)C(C)C)c2ccccc12. The number of carbonyl (C=O) groups is 1. The number of ether oxygens (including phenoxy) is 1. The van der Waals surface area contributed by atoms with Gasteiger partial charge in [-0.1, -0.05) is 32.0 Å². The van der Waals surface area contributed by atoms with Gasteiger partial charge in [0.1, 0.15) is 0 Å². The number of para-hydroxylation sites is 1. The number of hydrogen-bond donors (Lipinski definition) is 1. The van der Waals surface area contributed by atoms with Gasteiger partial charge in [0.2, 0.25) is 5.91 Å². The molecule has 2 aromatic rings. The molecule has 26 heavy (non-hydrogen) atoms. The summed E-state index contributed by atoms with van der Waals surface area (Å²) in [6.07, 6.45) is 0. The van der Waals surface area contributed by atoms with Gasteiger partial charge in [-0.3, -0.25) is 9.69 Å². The lowest BCUT2D eigenvalue weighted by atomic mass is 10.1. The Hall–Kier alpha value is -1.85. The smallest absolute Gasteiger partial charge is 0.222 e. The fourth-order valence-electron chi connectivity index (χ4n) is 3.67. The highest BCUT2D eigenvalue weighted by Crippen LogP contribution is 2.25. The summed E-state index contributed by atoms with van der Waals surface area (Å²) in [6, 6.07) is 8.60. The highest BCUT2D eigenvalue weighted by Gasteiger charge is 2.22. The number of carbonyl (C=O) groups excluding carboxylic acids is 1. The molecule has 0 saturated carbocycles. The van der Waals surface area contributed by atoms with E-state index in [0.717, 1.165) is 39.4 Å². The van der Waals surface area contributed by atoms with E-state index in [9.17, 15) is 4.79 Å². The number of rotatable bonds is 6. The number of benzene rings is 1. The highest BCUT2D eigenvalue weighted by atomic mass is 16.5. The molecule has 142 valence electrons. The molecule has 1 aliphatic rings. The molecule has 0 radical (unpaired) electrons. The van der Waals surface area contributed by atoms with Crippen LogP contribution in [0.15, 0.2) is 24.3 Å². The minimum atomic E-state index is -0.00794. The van der Waals surface area contributed by atoms with E-state index in [-0.39, 0.29) is 17.9 Å². The summed E-state index contributed by atoms with van der Waals surface area (Å²) in [5.74, 6) is 0.112. The Bertz CT molecular complexity index is 760. The molecule has 5 heteroatoms. The molecule has 1 fully saturated rings. The molecule has 0 spiro atoms. The van der Waals surface area contributed by atoms with E-state index in [4.69, 9.17) is 4.74 Å². The molecule has 1 aromatic carbocycles. The molecule has 1 amide bonds. The van der Waals surface area contributed by atoms with Gasteiger partial charge in [-0.2, -0.15) is 0 Å². The third-order valence-corrected chi connectivity index (χ3v) is 5.40. The third-order valence-electron chi connectivity index (χ3n) is 5.40. The molecule has 1 atom stereocenters. The number of fused-ring (bicyclic) bond motifs is 1. The second-order valence-electron chi connectivity index (χ2n) is 7.61. The average molecular weight is 357 g/mol. The maximum Gasteiger partial charge on any atom is 0.222 e. The zero-order chi connectivity index (χ0) is 18.7. The molecule has 1 N–H and O–H groups in total. The molecule has 1 saturated heterocycles. The molecule has 1 unspecified atom stereocenters. The van der Waals surface area contributed by atoms with Gasteiger partial charge in [0.15, 0.2) is 0 Å². The Balaban J connectivity index is 1.84. The molecule has 1 aliphatic heterocycles. The normalized spacial score (nSPS) is 17.0. The molecular weight excluding hydrogens is 326 g/mol. The summed E-state index contributed by atoms with van der Waals surface area (Å²) in [5, 5.41) is 4.57. The van der Waals surface area contributed by atoms with Gasteiger partial charge in [-0.05, 0) is 25.5 Å². The second kappa shape index (κ2) is 8.23. The first-order chi connectivity index (χ1) is 12.5. The van der Waals surface area contributed by atoms with Crippen molar-refractivity contribution in [3.8, 4) is 0 Å². The maximum absolute atomic E-state index is 12.4. The Kier molecular flexibility index (Phi) is 5.99. The number of nitrogens with zero attached hydrogens (tertiary/aromatic N) is 2. The largest absolute Gasteiger partial charge is 0.379 e. The first-order valence-corrected chi connectivity index (χ1v) is 9.62. The van der Waals surface area contributed by atoms with E-state index in [1.54, 1.807) is 0 Å². The Morgan fingerprint density at radius 2 is 1.85 bits per heavy atom. The molecular formula is C21H31N3O2. The van der Waals surface area contributed by atoms with E-state index in [2.05, 4.69) is 52.9 Å². The number of morpholine rings is 1. The van der Waals surface area contributed by atoms with Crippen LogP contribution in [0.1, 0.15) is 25.1 Å². The van der Waals surface area contributed by atoms with Crippen LogP contribution in [0.25, 0.3) is 10.9 Å². The van der Waals surface area contributed by atoms with Crippen molar-refractivity contribution in [2.24, 2.45) is 5.92 Å². The van der Waals surface area contributed by atoms with Gasteiger partial charge in [-0.25, -0.2) is 0 Å². The zero-order valence-electron chi connectivity index (χ0n) is 16.4. The second-order valence-corrected chi connectivity index (χ2v) is 7.61. The van der Waals surface area contributed by atoms with Gasteiger partial charge in [-0.15, -0.1) is 0 Å². The van der Waals surface area contributed by atoms with Gasteiger partial charge < -0.3 is 14.6 Å². The van der Waals surface area contributed by atoms with E-state index in [1.807, 2.05) is 13.8 Å². The Morgan fingerprint density at radius 3 is 2.54 bits per heavy atom. The quantitative estimate of drug-likeness (QED) is 0.865. The first kappa shape index (κ1) is 18.9. The predicted molar refractivity (Wildman–Crippen MR) is 105 cm³/mol. The average Bonchev–Trinajstić information content (AvgIpc) is 2.87.